The first-order valence-electron chi connectivity index (χ1n) is 6.94. The summed E-state index contributed by atoms with van der Waals surface area (Å²) in [4.78, 5) is 11.4. The first kappa shape index (κ1) is 12.2. The van der Waals surface area contributed by atoms with Gasteiger partial charge in [0.2, 0.25) is 0 Å². The second-order valence-corrected chi connectivity index (χ2v) is 7.21. The number of carboxylic acid groups (broad SMARTS) is 1. The Morgan fingerprint density at radius 1 is 1.39 bits per heavy atom. The fourth-order valence-corrected chi connectivity index (χ4v) is 5.17. The van der Waals surface area contributed by atoms with Crippen molar-refractivity contribution in [2.24, 2.45) is 28.6 Å². The first-order chi connectivity index (χ1) is 8.30. The minimum absolute atomic E-state index is 0.0106. The molecule has 0 aromatic carbocycles. The highest BCUT2D eigenvalue weighted by molar-refractivity contribution is 5.88. The lowest BCUT2D eigenvalue weighted by molar-refractivity contribution is -0.133. The minimum Gasteiger partial charge on any atom is -0.478 e. The molecule has 0 heterocycles. The van der Waals surface area contributed by atoms with Crippen molar-refractivity contribution in [2.75, 3.05) is 0 Å². The average Bonchev–Trinajstić information content (AvgIpc) is 2.79. The van der Waals surface area contributed by atoms with Crippen molar-refractivity contribution >= 4 is 5.97 Å². The molecule has 3 heteroatoms. The quantitative estimate of drug-likeness (QED) is 0.751. The Morgan fingerprint density at radius 2 is 2.06 bits per heavy atom. The Hall–Kier alpha value is -0.830. The molecule has 0 radical (unpaired) electrons. The lowest BCUT2D eigenvalue weighted by atomic mass is 9.67. The van der Waals surface area contributed by atoms with Crippen LogP contribution in [0.2, 0.25) is 0 Å². The molecule has 2 fully saturated rings. The van der Waals surface area contributed by atoms with E-state index in [1.807, 2.05) is 6.08 Å². The lowest BCUT2D eigenvalue weighted by Crippen LogP contribution is -2.33. The van der Waals surface area contributed by atoms with Crippen LogP contribution in [0.25, 0.3) is 0 Å². The van der Waals surface area contributed by atoms with Gasteiger partial charge in [-0.05, 0) is 41.9 Å². The van der Waals surface area contributed by atoms with Gasteiger partial charge >= 0.3 is 5.97 Å². The summed E-state index contributed by atoms with van der Waals surface area (Å²) in [5.74, 6) is -0.0718. The Balaban J connectivity index is 2.11. The van der Waals surface area contributed by atoms with Crippen LogP contribution in [0.1, 0.15) is 40.0 Å². The van der Waals surface area contributed by atoms with Crippen LogP contribution in [0.5, 0.6) is 0 Å². The summed E-state index contributed by atoms with van der Waals surface area (Å²) < 4.78 is 0. The highest BCUT2D eigenvalue weighted by Crippen LogP contribution is 2.70. The maximum atomic E-state index is 11.4. The second kappa shape index (κ2) is 3.38. The van der Waals surface area contributed by atoms with E-state index in [-0.39, 0.29) is 22.7 Å². The zero-order valence-corrected chi connectivity index (χ0v) is 11.3. The van der Waals surface area contributed by atoms with Gasteiger partial charge in [-0.15, -0.1) is 0 Å². The summed E-state index contributed by atoms with van der Waals surface area (Å²) in [5, 5.41) is 19.9. The molecule has 0 aromatic rings. The molecule has 3 aliphatic rings. The molecule has 0 aliphatic heterocycles. The van der Waals surface area contributed by atoms with E-state index in [9.17, 15) is 15.0 Å². The van der Waals surface area contributed by atoms with Crippen molar-refractivity contribution < 1.29 is 15.0 Å². The van der Waals surface area contributed by atoms with E-state index in [0.717, 1.165) is 19.3 Å². The fraction of sp³-hybridized carbons (Fsp3) is 0.800. The Kier molecular flexibility index (Phi) is 2.30. The zero-order valence-electron chi connectivity index (χ0n) is 11.3. The Morgan fingerprint density at radius 3 is 2.67 bits per heavy atom. The van der Waals surface area contributed by atoms with Crippen molar-refractivity contribution in [2.45, 2.75) is 46.1 Å². The van der Waals surface area contributed by atoms with Crippen molar-refractivity contribution in [1.29, 1.82) is 0 Å². The highest BCUT2D eigenvalue weighted by Gasteiger charge is 2.67. The summed E-state index contributed by atoms with van der Waals surface area (Å²) in [6.45, 7) is 6.46. The SMILES string of the molecule is C[C@H]1CC[C@@H]2C(C(=O)O)=C[C@H]3[C@@H](O)C(C)(C)C[C@]213. The zero-order chi connectivity index (χ0) is 13.3. The third kappa shape index (κ3) is 1.21. The summed E-state index contributed by atoms with van der Waals surface area (Å²) in [6, 6.07) is 0. The Labute approximate surface area is 108 Å². The van der Waals surface area contributed by atoms with Crippen molar-refractivity contribution in [1.82, 2.24) is 0 Å². The third-order valence-electron chi connectivity index (χ3n) is 5.96. The molecule has 0 amide bonds. The van der Waals surface area contributed by atoms with Gasteiger partial charge in [0.15, 0.2) is 0 Å². The smallest absolute Gasteiger partial charge is 0.331 e. The summed E-state index contributed by atoms with van der Waals surface area (Å²) in [6.07, 6.45) is 4.48. The third-order valence-corrected chi connectivity index (χ3v) is 5.96. The molecule has 5 atom stereocenters. The summed E-state index contributed by atoms with van der Waals surface area (Å²) in [7, 11) is 0. The van der Waals surface area contributed by atoms with Gasteiger partial charge in [-0.25, -0.2) is 4.79 Å². The first-order valence-corrected chi connectivity index (χ1v) is 6.94. The topological polar surface area (TPSA) is 57.5 Å². The van der Waals surface area contributed by atoms with Gasteiger partial charge < -0.3 is 10.2 Å². The Bertz CT molecular complexity index is 437. The fourth-order valence-electron chi connectivity index (χ4n) is 5.17. The van der Waals surface area contributed by atoms with Crippen molar-refractivity contribution in [3.8, 4) is 0 Å². The standard InChI is InChI=1S/C15H22O3/c1-8-4-5-10-9(13(17)18)6-11-12(16)14(2,3)7-15(8,10)11/h6,8,10-12,16H,4-5,7H2,1-3H3,(H,17,18)/t8-,10+,11-,12+,15+/m0/s1. The monoisotopic (exact) mass is 250 g/mol. The number of hydrogen-bond donors (Lipinski definition) is 2. The molecule has 3 rings (SSSR count). The van der Waals surface area contributed by atoms with E-state index in [2.05, 4.69) is 20.8 Å². The molecular weight excluding hydrogens is 228 g/mol. The molecule has 0 bridgehead atoms. The molecule has 0 unspecified atom stereocenters. The van der Waals surface area contributed by atoms with E-state index >= 15 is 0 Å². The van der Waals surface area contributed by atoms with Gasteiger partial charge in [0, 0.05) is 11.5 Å². The minimum atomic E-state index is -0.784. The van der Waals surface area contributed by atoms with Gasteiger partial charge in [0.1, 0.15) is 0 Å². The van der Waals surface area contributed by atoms with Gasteiger partial charge in [0.25, 0.3) is 0 Å². The molecule has 2 N–H and O–H groups in total. The van der Waals surface area contributed by atoms with Crippen LogP contribution in [0.3, 0.4) is 0 Å². The maximum Gasteiger partial charge on any atom is 0.331 e. The van der Waals surface area contributed by atoms with Gasteiger partial charge in [0.05, 0.1) is 6.10 Å². The molecule has 0 aromatic heterocycles. The summed E-state index contributed by atoms with van der Waals surface area (Å²) >= 11 is 0. The molecule has 1 spiro atoms. The maximum absolute atomic E-state index is 11.4. The second-order valence-electron chi connectivity index (χ2n) is 7.21. The molecule has 3 nitrogen and oxygen atoms in total. The number of aliphatic hydroxyl groups excluding tert-OH is 1. The predicted octanol–water partition coefficient (Wildman–Crippen LogP) is 2.45. The van der Waals surface area contributed by atoms with Crippen LogP contribution in [0, 0.1) is 28.6 Å². The van der Waals surface area contributed by atoms with Crippen molar-refractivity contribution in [3.05, 3.63) is 11.6 Å². The highest BCUT2D eigenvalue weighted by atomic mass is 16.4. The van der Waals surface area contributed by atoms with Crippen LogP contribution in [-0.2, 0) is 4.79 Å². The van der Waals surface area contributed by atoms with E-state index in [4.69, 9.17) is 0 Å². The number of rotatable bonds is 1. The molecule has 2 saturated carbocycles. The van der Waals surface area contributed by atoms with Crippen molar-refractivity contribution in [3.63, 3.8) is 0 Å². The van der Waals surface area contributed by atoms with Gasteiger partial charge in [-0.3, -0.25) is 0 Å². The number of carboxylic acids is 1. The molecule has 18 heavy (non-hydrogen) atoms. The molecule has 100 valence electrons. The van der Waals surface area contributed by atoms with E-state index < -0.39 is 12.1 Å². The predicted molar refractivity (Wildman–Crippen MR) is 67.9 cm³/mol. The number of aliphatic hydroxyl groups is 1. The molecular formula is C15H22O3. The number of aliphatic carboxylic acids is 1. The van der Waals surface area contributed by atoms with Crippen LogP contribution in [0.4, 0.5) is 0 Å². The van der Waals surface area contributed by atoms with Gasteiger partial charge in [-0.1, -0.05) is 26.8 Å². The average molecular weight is 250 g/mol. The number of carbonyl (C=O) groups is 1. The van der Waals surface area contributed by atoms with Crippen LogP contribution in [-0.4, -0.2) is 22.3 Å². The summed E-state index contributed by atoms with van der Waals surface area (Å²) in [5.41, 5.74) is 0.484. The van der Waals surface area contributed by atoms with Crippen LogP contribution >= 0.6 is 0 Å². The molecule has 3 aliphatic carbocycles. The lowest BCUT2D eigenvalue weighted by Gasteiger charge is -2.36. The van der Waals surface area contributed by atoms with E-state index in [0.29, 0.717) is 11.5 Å². The largest absolute Gasteiger partial charge is 0.478 e. The van der Waals surface area contributed by atoms with E-state index in [1.54, 1.807) is 0 Å². The van der Waals surface area contributed by atoms with Crippen LogP contribution < -0.4 is 0 Å². The normalized spacial score (nSPS) is 48.8. The number of hydrogen-bond acceptors (Lipinski definition) is 2. The van der Waals surface area contributed by atoms with E-state index in [1.165, 1.54) is 0 Å². The van der Waals surface area contributed by atoms with Gasteiger partial charge in [-0.2, -0.15) is 0 Å². The molecule has 0 saturated heterocycles. The van der Waals surface area contributed by atoms with Crippen LogP contribution in [0.15, 0.2) is 11.6 Å².